The molecule has 0 saturated carbocycles. The molecule has 1 rings (SSSR count). The van der Waals surface area contributed by atoms with Crippen molar-refractivity contribution in [3.05, 3.63) is 35.4 Å². The van der Waals surface area contributed by atoms with E-state index in [1.165, 1.54) is 11.8 Å². The van der Waals surface area contributed by atoms with Gasteiger partial charge in [-0.25, -0.2) is 5.84 Å². The highest BCUT2D eigenvalue weighted by Gasteiger charge is 2.15. The van der Waals surface area contributed by atoms with Crippen molar-refractivity contribution < 1.29 is 14.3 Å². The van der Waals surface area contributed by atoms with Crippen molar-refractivity contribution >= 4 is 23.6 Å². The Balaban J connectivity index is 2.36. The van der Waals surface area contributed by atoms with Gasteiger partial charge in [0, 0.05) is 5.75 Å². The number of benzene rings is 1. The second-order valence-corrected chi connectivity index (χ2v) is 6.63. The summed E-state index contributed by atoms with van der Waals surface area (Å²) in [6.45, 7) is 5.56. The van der Waals surface area contributed by atoms with E-state index in [1.807, 2.05) is 45.0 Å². The zero-order valence-corrected chi connectivity index (χ0v) is 13.5. The average molecular weight is 310 g/mol. The van der Waals surface area contributed by atoms with Gasteiger partial charge < -0.3 is 4.74 Å². The molecule has 0 heterocycles. The number of nitrogens with one attached hydrogen (secondary N) is 1. The quantitative estimate of drug-likeness (QED) is 0.362. The van der Waals surface area contributed by atoms with E-state index in [0.29, 0.717) is 5.75 Å². The van der Waals surface area contributed by atoms with Crippen molar-refractivity contribution in [1.29, 1.82) is 0 Å². The summed E-state index contributed by atoms with van der Waals surface area (Å²) >= 11 is 1.51. The fraction of sp³-hybridized carbons (Fsp3) is 0.467. The molecule has 0 aromatic heterocycles. The zero-order chi connectivity index (χ0) is 15.9. The number of nitrogens with two attached hydrogens (primary N) is 1. The first-order chi connectivity index (χ1) is 9.80. The van der Waals surface area contributed by atoms with E-state index in [9.17, 15) is 9.59 Å². The fourth-order valence-electron chi connectivity index (χ4n) is 1.61. The molecule has 0 unspecified atom stereocenters. The van der Waals surface area contributed by atoms with Gasteiger partial charge in [-0.15, -0.1) is 11.8 Å². The van der Waals surface area contributed by atoms with Crippen LogP contribution in [0.1, 0.15) is 31.9 Å². The number of hydrazine groups is 1. The number of esters is 1. The van der Waals surface area contributed by atoms with Crippen molar-refractivity contribution in [2.24, 2.45) is 5.84 Å². The molecule has 0 aliphatic heterocycles. The van der Waals surface area contributed by atoms with Gasteiger partial charge in [-0.2, -0.15) is 0 Å². The van der Waals surface area contributed by atoms with Crippen LogP contribution in [0.5, 0.6) is 0 Å². The van der Waals surface area contributed by atoms with Crippen molar-refractivity contribution in [2.45, 2.75) is 38.5 Å². The molecule has 0 aliphatic carbocycles. The summed E-state index contributed by atoms with van der Waals surface area (Å²) < 4.78 is 5.23. The molecular formula is C15H22N2O3S. The van der Waals surface area contributed by atoms with Crippen LogP contribution in [0.3, 0.4) is 0 Å². The van der Waals surface area contributed by atoms with Crippen LogP contribution in [-0.2, 0) is 26.5 Å². The number of rotatable bonds is 6. The molecule has 0 fully saturated rings. The highest BCUT2D eigenvalue weighted by Crippen LogP contribution is 2.15. The second kappa shape index (κ2) is 8.05. The van der Waals surface area contributed by atoms with E-state index in [4.69, 9.17) is 10.6 Å². The molecule has 3 N–H and O–H groups in total. The zero-order valence-electron chi connectivity index (χ0n) is 12.6. The molecule has 6 heteroatoms. The van der Waals surface area contributed by atoms with Crippen LogP contribution in [0.4, 0.5) is 0 Å². The third-order valence-corrected chi connectivity index (χ3v) is 3.43. The number of amides is 1. The van der Waals surface area contributed by atoms with Crippen LogP contribution in [0.15, 0.2) is 24.3 Å². The first kappa shape index (κ1) is 17.5. The Morgan fingerprint density at radius 1 is 1.19 bits per heavy atom. The smallest absolute Gasteiger partial charge is 0.316 e. The Morgan fingerprint density at radius 3 is 2.29 bits per heavy atom. The van der Waals surface area contributed by atoms with Crippen LogP contribution < -0.4 is 11.3 Å². The fourth-order valence-corrected chi connectivity index (χ4v) is 2.37. The van der Waals surface area contributed by atoms with E-state index >= 15 is 0 Å². The number of ether oxygens (including phenoxy) is 1. The number of carbonyl (C=O) groups is 2. The molecule has 21 heavy (non-hydrogen) atoms. The average Bonchev–Trinajstić information content (AvgIpc) is 2.38. The largest absolute Gasteiger partial charge is 0.459 e. The second-order valence-electron chi connectivity index (χ2n) is 5.64. The number of hydrogen-bond acceptors (Lipinski definition) is 5. The predicted octanol–water partition coefficient (Wildman–Crippen LogP) is 1.79. The van der Waals surface area contributed by atoms with E-state index < -0.39 is 5.60 Å². The van der Waals surface area contributed by atoms with Gasteiger partial charge in [-0.3, -0.25) is 15.0 Å². The Labute approximate surface area is 129 Å². The topological polar surface area (TPSA) is 81.4 Å². The van der Waals surface area contributed by atoms with Gasteiger partial charge >= 0.3 is 5.97 Å². The SMILES string of the molecule is CC(C)(C)OC(=O)CSCc1ccc(CC(=O)NN)cc1. The van der Waals surface area contributed by atoms with Gasteiger partial charge in [0.05, 0.1) is 12.2 Å². The molecule has 1 amide bonds. The molecule has 0 atom stereocenters. The summed E-state index contributed by atoms with van der Waals surface area (Å²) in [6, 6.07) is 7.67. The van der Waals surface area contributed by atoms with Crippen molar-refractivity contribution in [3.63, 3.8) is 0 Å². The molecule has 0 spiro atoms. The lowest BCUT2D eigenvalue weighted by molar-refractivity contribution is -0.151. The van der Waals surface area contributed by atoms with Crippen LogP contribution in [0.25, 0.3) is 0 Å². The minimum atomic E-state index is -0.442. The van der Waals surface area contributed by atoms with Gasteiger partial charge in [0.25, 0.3) is 0 Å². The van der Waals surface area contributed by atoms with E-state index in [1.54, 1.807) is 0 Å². The summed E-state index contributed by atoms with van der Waals surface area (Å²) in [6.07, 6.45) is 0.266. The lowest BCUT2D eigenvalue weighted by Gasteiger charge is -2.19. The number of carbonyl (C=O) groups excluding carboxylic acids is 2. The first-order valence-electron chi connectivity index (χ1n) is 6.67. The molecule has 116 valence electrons. The third-order valence-electron chi connectivity index (χ3n) is 2.46. The van der Waals surface area contributed by atoms with E-state index in [2.05, 4.69) is 5.43 Å². The van der Waals surface area contributed by atoms with Gasteiger partial charge in [0.2, 0.25) is 5.91 Å². The molecule has 0 bridgehead atoms. The van der Waals surface area contributed by atoms with Gasteiger partial charge in [0.1, 0.15) is 5.60 Å². The highest BCUT2D eigenvalue weighted by atomic mass is 32.2. The molecule has 1 aromatic rings. The maximum absolute atomic E-state index is 11.6. The summed E-state index contributed by atoms with van der Waals surface area (Å²) in [4.78, 5) is 22.7. The van der Waals surface area contributed by atoms with Gasteiger partial charge in [0.15, 0.2) is 0 Å². The molecule has 0 aliphatic rings. The molecule has 5 nitrogen and oxygen atoms in total. The van der Waals surface area contributed by atoms with Crippen LogP contribution in [0, 0.1) is 0 Å². The Morgan fingerprint density at radius 2 is 1.76 bits per heavy atom. The third kappa shape index (κ3) is 7.72. The summed E-state index contributed by atoms with van der Waals surface area (Å²) in [7, 11) is 0. The molecule has 1 aromatic carbocycles. The van der Waals surface area contributed by atoms with Crippen molar-refractivity contribution in [1.82, 2.24) is 5.43 Å². The van der Waals surface area contributed by atoms with Gasteiger partial charge in [-0.1, -0.05) is 24.3 Å². The minimum absolute atomic E-state index is 0.205. The Hall–Kier alpha value is -1.53. The maximum Gasteiger partial charge on any atom is 0.316 e. The Kier molecular flexibility index (Phi) is 6.71. The van der Waals surface area contributed by atoms with Crippen LogP contribution >= 0.6 is 11.8 Å². The summed E-state index contributed by atoms with van der Waals surface area (Å²) in [5.74, 6) is 5.67. The molecule has 0 radical (unpaired) electrons. The maximum atomic E-state index is 11.6. The lowest BCUT2D eigenvalue weighted by atomic mass is 10.1. The molecule has 0 saturated heterocycles. The highest BCUT2D eigenvalue weighted by molar-refractivity contribution is 7.99. The standard InChI is InChI=1S/C15H22N2O3S/c1-15(2,3)20-14(19)10-21-9-12-6-4-11(5-7-12)8-13(18)17-16/h4-7H,8-10,16H2,1-3H3,(H,17,18). The summed E-state index contributed by atoms with van der Waals surface area (Å²) in [5.41, 5.74) is 3.66. The molecular weight excluding hydrogens is 288 g/mol. The van der Waals surface area contributed by atoms with Crippen LogP contribution in [-0.4, -0.2) is 23.2 Å². The van der Waals surface area contributed by atoms with Gasteiger partial charge in [-0.05, 0) is 31.9 Å². The Bertz CT molecular complexity index is 481. The van der Waals surface area contributed by atoms with E-state index in [0.717, 1.165) is 16.9 Å². The number of hydrogen-bond donors (Lipinski definition) is 2. The number of thioether (sulfide) groups is 1. The minimum Gasteiger partial charge on any atom is -0.459 e. The van der Waals surface area contributed by atoms with E-state index in [-0.39, 0.29) is 18.3 Å². The lowest BCUT2D eigenvalue weighted by Crippen LogP contribution is -2.31. The first-order valence-corrected chi connectivity index (χ1v) is 7.82. The van der Waals surface area contributed by atoms with Crippen molar-refractivity contribution in [2.75, 3.05) is 5.75 Å². The monoisotopic (exact) mass is 310 g/mol. The normalized spacial score (nSPS) is 11.0. The predicted molar refractivity (Wildman–Crippen MR) is 84.5 cm³/mol. The van der Waals surface area contributed by atoms with Crippen molar-refractivity contribution in [3.8, 4) is 0 Å². The summed E-state index contributed by atoms with van der Waals surface area (Å²) in [5, 5.41) is 0. The van der Waals surface area contributed by atoms with Crippen LogP contribution in [0.2, 0.25) is 0 Å².